The highest BCUT2D eigenvalue weighted by Gasteiger charge is 2.12. The van der Waals surface area contributed by atoms with Crippen molar-refractivity contribution in [1.29, 1.82) is 0 Å². The molecule has 1 unspecified atom stereocenters. The first-order chi connectivity index (χ1) is 6.31. The molecular weight excluding hydrogens is 186 g/mol. The van der Waals surface area contributed by atoms with Crippen LogP contribution in [0.4, 0.5) is 0 Å². The minimum Gasteiger partial charge on any atom is -0.391 e. The van der Waals surface area contributed by atoms with Crippen molar-refractivity contribution in [3.8, 4) is 0 Å². The standard InChI is InChI=1S/C9H15NO2S/c1-3-8(12-4-2)9-10-5-7(6-11)13-9/h5,8,11H,3-4,6H2,1-2H3. The second-order valence-electron chi connectivity index (χ2n) is 2.68. The lowest BCUT2D eigenvalue weighted by atomic mass is 10.3. The van der Waals surface area contributed by atoms with Crippen LogP contribution in [-0.2, 0) is 11.3 Å². The molecule has 0 saturated carbocycles. The third kappa shape index (κ3) is 2.76. The lowest BCUT2D eigenvalue weighted by molar-refractivity contribution is 0.0596. The van der Waals surface area contributed by atoms with Crippen LogP contribution in [0.5, 0.6) is 0 Å². The van der Waals surface area contributed by atoms with E-state index in [1.165, 1.54) is 11.3 Å². The van der Waals surface area contributed by atoms with Crippen LogP contribution in [0.25, 0.3) is 0 Å². The molecule has 1 aromatic rings. The highest BCUT2D eigenvalue weighted by molar-refractivity contribution is 7.11. The highest BCUT2D eigenvalue weighted by Crippen LogP contribution is 2.25. The zero-order valence-electron chi connectivity index (χ0n) is 7.99. The van der Waals surface area contributed by atoms with E-state index in [2.05, 4.69) is 11.9 Å². The van der Waals surface area contributed by atoms with Gasteiger partial charge in [0.15, 0.2) is 0 Å². The molecule has 0 aliphatic heterocycles. The van der Waals surface area contributed by atoms with Crippen molar-refractivity contribution in [2.45, 2.75) is 33.0 Å². The van der Waals surface area contributed by atoms with Crippen molar-refractivity contribution in [2.24, 2.45) is 0 Å². The van der Waals surface area contributed by atoms with Gasteiger partial charge >= 0.3 is 0 Å². The molecule has 74 valence electrons. The van der Waals surface area contributed by atoms with Gasteiger partial charge in [0.2, 0.25) is 0 Å². The Bertz CT molecular complexity index is 250. The van der Waals surface area contributed by atoms with Gasteiger partial charge in [-0.05, 0) is 13.3 Å². The molecule has 0 aliphatic carbocycles. The minimum atomic E-state index is 0.0697. The maximum absolute atomic E-state index is 8.86. The zero-order chi connectivity index (χ0) is 9.68. The molecule has 0 radical (unpaired) electrons. The molecule has 1 rings (SSSR count). The Labute approximate surface area is 82.4 Å². The molecule has 0 amide bonds. The Hall–Kier alpha value is -0.450. The second-order valence-corrected chi connectivity index (χ2v) is 3.82. The van der Waals surface area contributed by atoms with Crippen LogP contribution in [0, 0.1) is 0 Å². The number of hydrogen-bond donors (Lipinski definition) is 1. The van der Waals surface area contributed by atoms with Crippen molar-refractivity contribution < 1.29 is 9.84 Å². The van der Waals surface area contributed by atoms with Gasteiger partial charge in [-0.25, -0.2) is 4.98 Å². The molecule has 1 aromatic heterocycles. The van der Waals surface area contributed by atoms with Crippen molar-refractivity contribution in [3.63, 3.8) is 0 Å². The number of thiazole rings is 1. The Kier molecular flexibility index (Phi) is 4.35. The molecule has 1 heterocycles. The number of hydrogen-bond acceptors (Lipinski definition) is 4. The number of aliphatic hydroxyl groups is 1. The van der Waals surface area contributed by atoms with Gasteiger partial charge in [-0.15, -0.1) is 11.3 Å². The summed E-state index contributed by atoms with van der Waals surface area (Å²) in [6.45, 7) is 4.82. The van der Waals surface area contributed by atoms with Crippen LogP contribution in [0.15, 0.2) is 6.20 Å². The summed E-state index contributed by atoms with van der Waals surface area (Å²) in [6.07, 6.45) is 2.73. The Morgan fingerprint density at radius 3 is 2.85 bits per heavy atom. The van der Waals surface area contributed by atoms with E-state index in [1.807, 2.05) is 6.92 Å². The maximum atomic E-state index is 8.86. The van der Waals surface area contributed by atoms with E-state index in [4.69, 9.17) is 9.84 Å². The van der Waals surface area contributed by atoms with Crippen LogP contribution >= 0.6 is 11.3 Å². The molecule has 0 bridgehead atoms. The molecule has 0 spiro atoms. The summed E-state index contributed by atoms with van der Waals surface area (Å²) in [6, 6.07) is 0. The predicted octanol–water partition coefficient (Wildman–Crippen LogP) is 2.12. The summed E-state index contributed by atoms with van der Waals surface area (Å²) >= 11 is 1.52. The monoisotopic (exact) mass is 201 g/mol. The van der Waals surface area contributed by atoms with Gasteiger partial charge in [-0.2, -0.15) is 0 Å². The quantitative estimate of drug-likeness (QED) is 0.793. The topological polar surface area (TPSA) is 42.4 Å². The first kappa shape index (κ1) is 10.6. The Morgan fingerprint density at radius 1 is 1.62 bits per heavy atom. The second kappa shape index (κ2) is 5.32. The van der Waals surface area contributed by atoms with E-state index < -0.39 is 0 Å². The Balaban J connectivity index is 2.67. The fraction of sp³-hybridized carbons (Fsp3) is 0.667. The highest BCUT2D eigenvalue weighted by atomic mass is 32.1. The number of aliphatic hydroxyl groups excluding tert-OH is 1. The van der Waals surface area contributed by atoms with Gasteiger partial charge in [-0.3, -0.25) is 0 Å². The molecule has 3 nitrogen and oxygen atoms in total. The summed E-state index contributed by atoms with van der Waals surface area (Å²) in [4.78, 5) is 5.11. The predicted molar refractivity (Wildman–Crippen MR) is 52.7 cm³/mol. The van der Waals surface area contributed by atoms with E-state index in [0.717, 1.165) is 16.3 Å². The number of aromatic nitrogens is 1. The van der Waals surface area contributed by atoms with Crippen molar-refractivity contribution in [2.75, 3.05) is 6.61 Å². The lowest BCUT2D eigenvalue weighted by Gasteiger charge is -2.10. The third-order valence-corrected chi connectivity index (χ3v) is 2.82. The normalized spacial score (nSPS) is 13.2. The minimum absolute atomic E-state index is 0.0697. The summed E-state index contributed by atoms with van der Waals surface area (Å²) < 4.78 is 5.50. The van der Waals surface area contributed by atoms with Crippen molar-refractivity contribution in [1.82, 2.24) is 4.98 Å². The summed E-state index contributed by atoms with van der Waals surface area (Å²) in [5, 5.41) is 9.83. The average molecular weight is 201 g/mol. The first-order valence-corrected chi connectivity index (χ1v) is 5.30. The number of ether oxygens (including phenoxy) is 1. The van der Waals surface area contributed by atoms with Gasteiger partial charge in [0.25, 0.3) is 0 Å². The lowest BCUT2D eigenvalue weighted by Crippen LogP contribution is -2.01. The SMILES string of the molecule is CCOC(CC)c1ncc(CO)s1. The van der Waals surface area contributed by atoms with Gasteiger partial charge in [-0.1, -0.05) is 6.92 Å². The molecule has 13 heavy (non-hydrogen) atoms. The van der Waals surface area contributed by atoms with Crippen LogP contribution in [0.1, 0.15) is 36.3 Å². The first-order valence-electron chi connectivity index (χ1n) is 4.48. The van der Waals surface area contributed by atoms with Crippen LogP contribution in [0.2, 0.25) is 0 Å². The smallest absolute Gasteiger partial charge is 0.122 e. The zero-order valence-corrected chi connectivity index (χ0v) is 8.80. The Morgan fingerprint density at radius 2 is 2.38 bits per heavy atom. The molecule has 0 aliphatic rings. The number of nitrogens with zero attached hydrogens (tertiary/aromatic N) is 1. The van der Waals surface area contributed by atoms with E-state index in [1.54, 1.807) is 6.20 Å². The van der Waals surface area contributed by atoms with Crippen LogP contribution in [0.3, 0.4) is 0 Å². The fourth-order valence-electron chi connectivity index (χ4n) is 1.11. The van der Waals surface area contributed by atoms with Crippen LogP contribution < -0.4 is 0 Å². The molecule has 0 saturated heterocycles. The third-order valence-electron chi connectivity index (χ3n) is 1.74. The van der Waals surface area contributed by atoms with E-state index in [9.17, 15) is 0 Å². The van der Waals surface area contributed by atoms with Crippen LogP contribution in [-0.4, -0.2) is 16.7 Å². The molecular formula is C9H15NO2S. The molecule has 1 atom stereocenters. The largest absolute Gasteiger partial charge is 0.391 e. The van der Waals surface area contributed by atoms with Crippen molar-refractivity contribution >= 4 is 11.3 Å². The average Bonchev–Trinajstić information content (AvgIpc) is 2.62. The molecule has 4 heteroatoms. The fourth-order valence-corrected chi connectivity index (χ4v) is 2.02. The van der Waals surface area contributed by atoms with Gasteiger partial charge in [0, 0.05) is 12.8 Å². The molecule has 1 N–H and O–H groups in total. The van der Waals surface area contributed by atoms with Gasteiger partial charge in [0.1, 0.15) is 11.1 Å². The van der Waals surface area contributed by atoms with E-state index in [0.29, 0.717) is 6.61 Å². The molecule has 0 fully saturated rings. The van der Waals surface area contributed by atoms with E-state index in [-0.39, 0.29) is 12.7 Å². The summed E-state index contributed by atoms with van der Waals surface area (Å²) in [5.41, 5.74) is 0. The molecule has 0 aromatic carbocycles. The number of rotatable bonds is 5. The van der Waals surface area contributed by atoms with Gasteiger partial charge in [0.05, 0.1) is 11.5 Å². The summed E-state index contributed by atoms with van der Waals surface area (Å²) in [7, 11) is 0. The van der Waals surface area contributed by atoms with Crippen molar-refractivity contribution in [3.05, 3.63) is 16.1 Å². The summed E-state index contributed by atoms with van der Waals surface area (Å²) in [5.74, 6) is 0. The van der Waals surface area contributed by atoms with Gasteiger partial charge < -0.3 is 9.84 Å². The van der Waals surface area contributed by atoms with E-state index >= 15 is 0 Å². The maximum Gasteiger partial charge on any atom is 0.122 e.